The predicted octanol–water partition coefficient (Wildman–Crippen LogP) is 2.03. The van der Waals surface area contributed by atoms with Crippen molar-refractivity contribution in [1.29, 1.82) is 0 Å². The van der Waals surface area contributed by atoms with Gasteiger partial charge in [-0.15, -0.1) is 0 Å². The van der Waals surface area contributed by atoms with Crippen molar-refractivity contribution in [3.63, 3.8) is 0 Å². The van der Waals surface area contributed by atoms with Crippen molar-refractivity contribution < 1.29 is 27.8 Å². The number of ether oxygens (including phenoxy) is 1. The average molecular weight is 384 g/mol. The van der Waals surface area contributed by atoms with Gasteiger partial charge in [-0.3, -0.25) is 4.79 Å². The van der Waals surface area contributed by atoms with E-state index in [1.54, 1.807) is 29.9 Å². The molecule has 2 atom stereocenters. The number of rotatable bonds is 3. The molecule has 2 aromatic heterocycles. The van der Waals surface area contributed by atoms with E-state index in [-0.39, 0.29) is 19.0 Å². The third kappa shape index (κ3) is 3.25. The van der Waals surface area contributed by atoms with E-state index in [0.717, 1.165) is 10.6 Å². The van der Waals surface area contributed by atoms with Crippen LogP contribution >= 0.6 is 0 Å². The number of fused-ring (bicyclic) bond motifs is 1. The summed E-state index contributed by atoms with van der Waals surface area (Å²) in [7, 11) is 1.50. The van der Waals surface area contributed by atoms with Gasteiger partial charge in [-0.1, -0.05) is 6.92 Å². The predicted molar refractivity (Wildman–Crippen MR) is 88.4 cm³/mol. The second-order valence-corrected chi connectivity index (χ2v) is 6.68. The van der Waals surface area contributed by atoms with Crippen LogP contribution in [0.25, 0.3) is 5.69 Å². The zero-order valence-electron chi connectivity index (χ0n) is 15.0. The fourth-order valence-corrected chi connectivity index (χ4v) is 3.13. The van der Waals surface area contributed by atoms with E-state index >= 15 is 0 Å². The zero-order valence-corrected chi connectivity index (χ0v) is 15.0. The number of carbonyl (C=O) groups excluding carboxylic acids is 1. The number of methoxy groups -OCH3 is 1. The van der Waals surface area contributed by atoms with Crippen molar-refractivity contribution in [3.8, 4) is 11.6 Å². The number of hydrogen-bond acceptors (Lipinski definition) is 5. The fourth-order valence-electron chi connectivity index (χ4n) is 3.13. The van der Waals surface area contributed by atoms with Gasteiger partial charge in [0.05, 0.1) is 30.9 Å². The summed E-state index contributed by atoms with van der Waals surface area (Å²) in [5.74, 6) is -1.21. The van der Waals surface area contributed by atoms with Crippen molar-refractivity contribution in [1.82, 2.24) is 19.7 Å². The normalized spacial score (nSPS) is 19.4. The van der Waals surface area contributed by atoms with Crippen LogP contribution in [0, 0.1) is 0 Å². The number of aliphatic hydroxyl groups is 1. The summed E-state index contributed by atoms with van der Waals surface area (Å²) in [6.07, 6.45) is -1.96. The van der Waals surface area contributed by atoms with Crippen LogP contribution in [0.2, 0.25) is 0 Å². The molecule has 0 saturated heterocycles. The average Bonchev–Trinajstić information content (AvgIpc) is 3.04. The van der Waals surface area contributed by atoms with Crippen molar-refractivity contribution in [2.75, 3.05) is 13.7 Å². The molecule has 3 heterocycles. The Kier molecular flexibility index (Phi) is 4.62. The van der Waals surface area contributed by atoms with Gasteiger partial charge in [0.15, 0.2) is 0 Å². The lowest BCUT2D eigenvalue weighted by atomic mass is 9.95. The third-order valence-electron chi connectivity index (χ3n) is 4.64. The molecular weight excluding hydrogens is 365 g/mol. The van der Waals surface area contributed by atoms with E-state index in [2.05, 4.69) is 10.1 Å². The number of aromatic nitrogens is 3. The summed E-state index contributed by atoms with van der Waals surface area (Å²) in [6.45, 7) is 2.24. The number of hydrogen-bond donors (Lipinski definition) is 1. The topological polar surface area (TPSA) is 80.5 Å². The molecule has 0 radical (unpaired) electrons. The second-order valence-electron chi connectivity index (χ2n) is 6.68. The Morgan fingerprint density at radius 3 is 2.59 bits per heavy atom. The molecule has 0 saturated carbocycles. The molecule has 27 heavy (non-hydrogen) atoms. The van der Waals surface area contributed by atoms with Crippen LogP contribution in [0.5, 0.6) is 5.88 Å². The van der Waals surface area contributed by atoms with Gasteiger partial charge in [-0.25, -0.2) is 9.67 Å². The van der Waals surface area contributed by atoms with Crippen molar-refractivity contribution in [2.24, 2.45) is 0 Å². The van der Waals surface area contributed by atoms with Crippen LogP contribution in [0.15, 0.2) is 24.5 Å². The van der Waals surface area contributed by atoms with Crippen LogP contribution < -0.4 is 4.74 Å². The SMILES string of the molecule is COc1ccc(-n2ncc3c2[C@@H](C)CN(C(=O)[C@@](C)(O)C(F)(F)F)C3)cn1. The summed E-state index contributed by atoms with van der Waals surface area (Å²) in [6, 6.07) is 3.44. The third-order valence-corrected chi connectivity index (χ3v) is 4.64. The molecule has 0 fully saturated rings. The summed E-state index contributed by atoms with van der Waals surface area (Å²) in [4.78, 5) is 17.4. The first kappa shape index (κ1) is 19.2. The van der Waals surface area contributed by atoms with Crippen molar-refractivity contribution >= 4 is 5.91 Å². The van der Waals surface area contributed by atoms with Gasteiger partial charge in [-0.05, 0) is 13.0 Å². The molecule has 0 aromatic carbocycles. The summed E-state index contributed by atoms with van der Waals surface area (Å²) >= 11 is 0. The molecular formula is C17H19F3N4O3. The Hall–Kier alpha value is -2.62. The maximum absolute atomic E-state index is 13.0. The van der Waals surface area contributed by atoms with Gasteiger partial charge in [-0.2, -0.15) is 18.3 Å². The zero-order chi connectivity index (χ0) is 20.0. The largest absolute Gasteiger partial charge is 0.481 e. The second kappa shape index (κ2) is 6.52. The van der Waals surface area contributed by atoms with E-state index in [9.17, 15) is 23.1 Å². The molecule has 1 aliphatic heterocycles. The van der Waals surface area contributed by atoms with E-state index in [1.165, 1.54) is 13.3 Å². The highest BCUT2D eigenvalue weighted by molar-refractivity contribution is 5.85. The fraction of sp³-hybridized carbons (Fsp3) is 0.471. The number of carbonyl (C=O) groups is 1. The lowest BCUT2D eigenvalue weighted by molar-refractivity contribution is -0.250. The number of amides is 1. The Labute approximate surface area is 153 Å². The smallest absolute Gasteiger partial charge is 0.426 e. The van der Waals surface area contributed by atoms with Crippen LogP contribution in [-0.2, 0) is 11.3 Å². The van der Waals surface area contributed by atoms with Gasteiger partial charge in [0.2, 0.25) is 11.5 Å². The van der Waals surface area contributed by atoms with E-state index in [1.807, 2.05) is 0 Å². The maximum Gasteiger partial charge on any atom is 0.426 e. The van der Waals surface area contributed by atoms with Gasteiger partial charge in [0, 0.05) is 30.6 Å². The molecule has 7 nitrogen and oxygen atoms in total. The highest BCUT2D eigenvalue weighted by Gasteiger charge is 2.57. The van der Waals surface area contributed by atoms with Gasteiger partial charge < -0.3 is 14.7 Å². The van der Waals surface area contributed by atoms with E-state index < -0.39 is 17.7 Å². The van der Waals surface area contributed by atoms with Crippen LogP contribution in [-0.4, -0.2) is 56.1 Å². The molecule has 10 heteroatoms. The van der Waals surface area contributed by atoms with Gasteiger partial charge in [0.25, 0.3) is 5.91 Å². The van der Waals surface area contributed by atoms with E-state index in [4.69, 9.17) is 4.74 Å². The molecule has 0 unspecified atom stereocenters. The maximum atomic E-state index is 13.0. The molecule has 0 aliphatic carbocycles. The summed E-state index contributed by atoms with van der Waals surface area (Å²) in [5.41, 5.74) is -1.35. The number of halogens is 3. The quantitative estimate of drug-likeness (QED) is 0.876. The molecule has 2 aromatic rings. The molecule has 0 bridgehead atoms. The first-order valence-electron chi connectivity index (χ1n) is 8.22. The monoisotopic (exact) mass is 384 g/mol. The van der Waals surface area contributed by atoms with Gasteiger partial charge >= 0.3 is 6.18 Å². The molecule has 3 rings (SSSR count). The minimum atomic E-state index is -5.05. The van der Waals surface area contributed by atoms with Crippen LogP contribution in [0.4, 0.5) is 13.2 Å². The first-order valence-corrected chi connectivity index (χ1v) is 8.22. The Morgan fingerprint density at radius 2 is 2.04 bits per heavy atom. The minimum absolute atomic E-state index is 0.0351. The van der Waals surface area contributed by atoms with Crippen molar-refractivity contribution in [2.45, 2.75) is 38.1 Å². The number of nitrogens with zero attached hydrogens (tertiary/aromatic N) is 4. The Bertz CT molecular complexity index is 846. The first-order chi connectivity index (χ1) is 12.6. The van der Waals surface area contributed by atoms with Crippen molar-refractivity contribution in [3.05, 3.63) is 35.8 Å². The van der Waals surface area contributed by atoms with Gasteiger partial charge in [0.1, 0.15) is 0 Å². The molecule has 146 valence electrons. The molecule has 1 aliphatic rings. The van der Waals surface area contributed by atoms with Crippen LogP contribution in [0.3, 0.4) is 0 Å². The minimum Gasteiger partial charge on any atom is -0.481 e. The Balaban J connectivity index is 1.89. The summed E-state index contributed by atoms with van der Waals surface area (Å²) < 4.78 is 45.6. The standard InChI is InChI=1S/C17H19F3N4O3/c1-10-8-23(15(25)16(2,26)17(18,19)20)9-11-6-22-24(14(10)11)12-4-5-13(27-3)21-7-12/h4-7,10,26H,8-9H2,1-3H3/t10-,16+/m0/s1. The lowest BCUT2D eigenvalue weighted by Crippen LogP contribution is -2.57. The molecule has 0 spiro atoms. The van der Waals surface area contributed by atoms with E-state index in [0.29, 0.717) is 24.1 Å². The number of pyridine rings is 1. The highest BCUT2D eigenvalue weighted by Crippen LogP contribution is 2.35. The highest BCUT2D eigenvalue weighted by atomic mass is 19.4. The number of alkyl halides is 3. The molecule has 1 amide bonds. The Morgan fingerprint density at radius 1 is 1.33 bits per heavy atom. The summed E-state index contributed by atoms with van der Waals surface area (Å²) in [5, 5.41) is 14.0. The lowest BCUT2D eigenvalue weighted by Gasteiger charge is -2.36. The van der Waals surface area contributed by atoms with Crippen LogP contribution in [0.1, 0.15) is 31.0 Å². The molecule has 1 N–H and O–H groups in total.